The van der Waals surface area contributed by atoms with Crippen molar-refractivity contribution in [2.24, 2.45) is 11.3 Å². The lowest BCUT2D eigenvalue weighted by Gasteiger charge is -2.41. The van der Waals surface area contributed by atoms with Crippen molar-refractivity contribution in [3.63, 3.8) is 0 Å². The Morgan fingerprint density at radius 2 is 2.00 bits per heavy atom. The molecule has 1 saturated carbocycles. The molecule has 0 bridgehead atoms. The zero-order chi connectivity index (χ0) is 9.03. The predicted molar refractivity (Wildman–Crippen MR) is 55.3 cm³/mol. The second-order valence-corrected chi connectivity index (χ2v) is 4.75. The Kier molecular flexibility index (Phi) is 3.61. The van der Waals surface area contributed by atoms with Crippen LogP contribution in [0.15, 0.2) is 0 Å². The lowest BCUT2D eigenvalue weighted by atomic mass is 9.64. The van der Waals surface area contributed by atoms with E-state index >= 15 is 0 Å². The number of rotatable bonds is 3. The summed E-state index contributed by atoms with van der Waals surface area (Å²) in [6, 6.07) is 0. The second kappa shape index (κ2) is 4.30. The quantitative estimate of drug-likeness (QED) is 0.586. The Labute approximate surface area is 77.7 Å². The van der Waals surface area contributed by atoms with E-state index in [2.05, 4.69) is 20.8 Å². The molecule has 2 unspecified atom stereocenters. The summed E-state index contributed by atoms with van der Waals surface area (Å²) in [5.41, 5.74) is 0.696. The van der Waals surface area contributed by atoms with Gasteiger partial charge in [0.1, 0.15) is 0 Å². The Balaban J connectivity index is 2.55. The van der Waals surface area contributed by atoms with E-state index in [9.17, 15) is 0 Å². The minimum atomic E-state index is 0.696. The Bertz CT molecular complexity index is 124. The molecule has 0 N–H and O–H groups in total. The Morgan fingerprint density at radius 3 is 2.58 bits per heavy atom. The fourth-order valence-corrected chi connectivity index (χ4v) is 3.07. The highest BCUT2D eigenvalue weighted by Gasteiger charge is 2.33. The molecule has 1 fully saturated rings. The molecule has 0 spiro atoms. The van der Waals surface area contributed by atoms with Crippen LogP contribution in [0.3, 0.4) is 0 Å². The van der Waals surface area contributed by atoms with Crippen LogP contribution in [-0.2, 0) is 0 Å². The SMILES string of the molecule is CCCC1(C)CCCCC1CC. The van der Waals surface area contributed by atoms with Crippen molar-refractivity contribution in [1.29, 1.82) is 0 Å². The maximum Gasteiger partial charge on any atom is -0.0298 e. The minimum Gasteiger partial charge on any atom is -0.0654 e. The first-order valence-corrected chi connectivity index (χ1v) is 5.73. The lowest BCUT2D eigenvalue weighted by Crippen LogP contribution is -2.30. The summed E-state index contributed by atoms with van der Waals surface area (Å²) < 4.78 is 0. The zero-order valence-corrected chi connectivity index (χ0v) is 9.03. The summed E-state index contributed by atoms with van der Waals surface area (Å²) in [6.07, 6.45) is 10.2. The van der Waals surface area contributed by atoms with Crippen molar-refractivity contribution >= 4 is 0 Å². The van der Waals surface area contributed by atoms with E-state index < -0.39 is 0 Å². The molecule has 72 valence electrons. The van der Waals surface area contributed by atoms with E-state index in [-0.39, 0.29) is 0 Å². The largest absolute Gasteiger partial charge is 0.0654 e. The van der Waals surface area contributed by atoms with Gasteiger partial charge < -0.3 is 0 Å². The van der Waals surface area contributed by atoms with Gasteiger partial charge in [0.05, 0.1) is 0 Å². The summed E-state index contributed by atoms with van der Waals surface area (Å²) >= 11 is 0. The average molecular weight is 168 g/mol. The molecule has 0 radical (unpaired) electrons. The van der Waals surface area contributed by atoms with E-state index in [1.54, 1.807) is 0 Å². The third-order valence-corrected chi connectivity index (χ3v) is 3.85. The predicted octanol–water partition coefficient (Wildman–Crippen LogP) is 4.39. The van der Waals surface area contributed by atoms with Gasteiger partial charge in [0, 0.05) is 0 Å². The smallest absolute Gasteiger partial charge is 0.0298 e. The highest BCUT2D eigenvalue weighted by Crippen LogP contribution is 2.45. The number of hydrogen-bond acceptors (Lipinski definition) is 0. The van der Waals surface area contributed by atoms with Crippen molar-refractivity contribution in [2.75, 3.05) is 0 Å². The second-order valence-electron chi connectivity index (χ2n) is 4.75. The maximum atomic E-state index is 2.52. The summed E-state index contributed by atoms with van der Waals surface area (Å²) in [4.78, 5) is 0. The highest BCUT2D eigenvalue weighted by molar-refractivity contribution is 4.85. The summed E-state index contributed by atoms with van der Waals surface area (Å²) in [6.45, 7) is 7.21. The molecule has 0 aromatic rings. The van der Waals surface area contributed by atoms with Crippen LogP contribution in [0.2, 0.25) is 0 Å². The van der Waals surface area contributed by atoms with Gasteiger partial charge in [-0.15, -0.1) is 0 Å². The monoisotopic (exact) mass is 168 g/mol. The van der Waals surface area contributed by atoms with E-state index in [0.717, 1.165) is 5.92 Å². The first-order chi connectivity index (χ1) is 5.73. The van der Waals surface area contributed by atoms with Crippen LogP contribution < -0.4 is 0 Å². The normalized spacial score (nSPS) is 36.8. The van der Waals surface area contributed by atoms with Gasteiger partial charge in [-0.05, 0) is 30.6 Å². The summed E-state index contributed by atoms with van der Waals surface area (Å²) in [7, 11) is 0. The van der Waals surface area contributed by atoms with Gasteiger partial charge in [-0.2, -0.15) is 0 Å². The van der Waals surface area contributed by atoms with E-state index in [0.29, 0.717) is 5.41 Å². The molecule has 12 heavy (non-hydrogen) atoms. The molecule has 2 atom stereocenters. The van der Waals surface area contributed by atoms with Crippen molar-refractivity contribution in [3.8, 4) is 0 Å². The standard InChI is InChI=1S/C12H24/c1-4-9-12(3)10-7-6-8-11(12)5-2/h11H,4-10H2,1-3H3. The first kappa shape index (κ1) is 10.1. The lowest BCUT2D eigenvalue weighted by molar-refractivity contribution is 0.0993. The molecule has 0 aromatic carbocycles. The van der Waals surface area contributed by atoms with Crippen LogP contribution in [-0.4, -0.2) is 0 Å². The molecular formula is C12H24. The zero-order valence-electron chi connectivity index (χ0n) is 9.03. The van der Waals surface area contributed by atoms with Gasteiger partial charge in [0.2, 0.25) is 0 Å². The van der Waals surface area contributed by atoms with Gasteiger partial charge in [-0.3, -0.25) is 0 Å². The van der Waals surface area contributed by atoms with Gasteiger partial charge in [0.25, 0.3) is 0 Å². The van der Waals surface area contributed by atoms with Gasteiger partial charge in [0.15, 0.2) is 0 Å². The van der Waals surface area contributed by atoms with Crippen molar-refractivity contribution in [3.05, 3.63) is 0 Å². The molecule has 0 nitrogen and oxygen atoms in total. The first-order valence-electron chi connectivity index (χ1n) is 5.73. The average Bonchev–Trinajstić information content (AvgIpc) is 2.05. The van der Waals surface area contributed by atoms with E-state index in [1.807, 2.05) is 0 Å². The maximum absolute atomic E-state index is 2.52. The molecule has 0 saturated heterocycles. The van der Waals surface area contributed by atoms with Crippen molar-refractivity contribution < 1.29 is 0 Å². The van der Waals surface area contributed by atoms with Crippen molar-refractivity contribution in [2.45, 2.75) is 65.7 Å². The van der Waals surface area contributed by atoms with Crippen LogP contribution in [0.1, 0.15) is 65.7 Å². The van der Waals surface area contributed by atoms with E-state index in [4.69, 9.17) is 0 Å². The van der Waals surface area contributed by atoms with Crippen LogP contribution in [0.4, 0.5) is 0 Å². The molecule has 0 amide bonds. The fourth-order valence-electron chi connectivity index (χ4n) is 3.07. The molecule has 0 aromatic heterocycles. The summed E-state index contributed by atoms with van der Waals surface area (Å²) in [5.74, 6) is 1.02. The molecule has 0 heterocycles. The van der Waals surface area contributed by atoms with Crippen LogP contribution in [0.25, 0.3) is 0 Å². The van der Waals surface area contributed by atoms with Gasteiger partial charge in [-0.25, -0.2) is 0 Å². The summed E-state index contributed by atoms with van der Waals surface area (Å²) in [5, 5.41) is 0. The third kappa shape index (κ3) is 2.02. The van der Waals surface area contributed by atoms with E-state index in [1.165, 1.54) is 44.9 Å². The molecule has 1 aliphatic rings. The topological polar surface area (TPSA) is 0 Å². The van der Waals surface area contributed by atoms with Crippen LogP contribution in [0, 0.1) is 11.3 Å². The van der Waals surface area contributed by atoms with Gasteiger partial charge in [-0.1, -0.05) is 46.5 Å². The molecule has 0 aliphatic heterocycles. The van der Waals surface area contributed by atoms with Gasteiger partial charge >= 0.3 is 0 Å². The third-order valence-electron chi connectivity index (χ3n) is 3.85. The number of hydrogen-bond donors (Lipinski definition) is 0. The van der Waals surface area contributed by atoms with Crippen molar-refractivity contribution in [1.82, 2.24) is 0 Å². The highest BCUT2D eigenvalue weighted by atomic mass is 14.4. The molecule has 0 heteroatoms. The Morgan fingerprint density at radius 1 is 1.25 bits per heavy atom. The molecular weight excluding hydrogens is 144 g/mol. The van der Waals surface area contributed by atoms with Crippen LogP contribution in [0.5, 0.6) is 0 Å². The minimum absolute atomic E-state index is 0.696. The fraction of sp³-hybridized carbons (Fsp3) is 1.00. The molecule has 1 aliphatic carbocycles. The van der Waals surface area contributed by atoms with Crippen LogP contribution >= 0.6 is 0 Å². The molecule has 1 rings (SSSR count). The Hall–Kier alpha value is 0.